The van der Waals surface area contributed by atoms with E-state index in [9.17, 15) is 13.2 Å². The lowest BCUT2D eigenvalue weighted by molar-refractivity contribution is -0.133. The van der Waals surface area contributed by atoms with Gasteiger partial charge in [-0.25, -0.2) is 8.42 Å². The Morgan fingerprint density at radius 2 is 1.96 bits per heavy atom. The first-order valence-corrected chi connectivity index (χ1v) is 9.33. The molecule has 1 heterocycles. The summed E-state index contributed by atoms with van der Waals surface area (Å²) in [6.45, 7) is 3.88. The van der Waals surface area contributed by atoms with Gasteiger partial charge in [-0.1, -0.05) is 12.1 Å². The summed E-state index contributed by atoms with van der Waals surface area (Å²) in [5.74, 6) is 0.195. The predicted octanol–water partition coefficient (Wildman–Crippen LogP) is 0.710. The maximum absolute atomic E-state index is 12.4. The summed E-state index contributed by atoms with van der Waals surface area (Å²) in [6.07, 6.45) is 1.09. The third-order valence-corrected chi connectivity index (χ3v) is 4.60. The second-order valence-corrected chi connectivity index (χ2v) is 7.07. The lowest BCUT2D eigenvalue weighted by Crippen LogP contribution is -2.47. The van der Waals surface area contributed by atoms with Crippen molar-refractivity contribution in [3.05, 3.63) is 24.3 Å². The molecular formula is C15H22N2O5S. The van der Waals surface area contributed by atoms with Gasteiger partial charge >= 0.3 is 0 Å². The highest BCUT2D eigenvalue weighted by Gasteiger charge is 2.27. The number of rotatable bonds is 6. The molecule has 1 aromatic rings. The van der Waals surface area contributed by atoms with E-state index < -0.39 is 10.0 Å². The zero-order valence-electron chi connectivity index (χ0n) is 13.4. The Balaban J connectivity index is 2.26. The summed E-state index contributed by atoms with van der Waals surface area (Å²) >= 11 is 0. The van der Waals surface area contributed by atoms with Gasteiger partial charge in [-0.15, -0.1) is 0 Å². The number of morpholine rings is 1. The highest BCUT2D eigenvalue weighted by molar-refractivity contribution is 7.92. The van der Waals surface area contributed by atoms with Crippen molar-refractivity contribution in [3.8, 4) is 5.75 Å². The van der Waals surface area contributed by atoms with Crippen molar-refractivity contribution in [3.63, 3.8) is 0 Å². The van der Waals surface area contributed by atoms with Gasteiger partial charge < -0.3 is 14.4 Å². The molecule has 8 heteroatoms. The van der Waals surface area contributed by atoms with Crippen LogP contribution in [0.2, 0.25) is 0 Å². The molecule has 0 aliphatic carbocycles. The summed E-state index contributed by atoms with van der Waals surface area (Å²) in [4.78, 5) is 14.0. The minimum absolute atomic E-state index is 0.245. The number of hydrogen-bond donors (Lipinski definition) is 0. The molecule has 0 spiro atoms. The molecule has 0 bridgehead atoms. The van der Waals surface area contributed by atoms with Crippen LogP contribution in [-0.2, 0) is 19.6 Å². The summed E-state index contributed by atoms with van der Waals surface area (Å²) in [5, 5.41) is 0. The number of ether oxygens (including phenoxy) is 2. The second kappa shape index (κ2) is 7.65. The molecule has 2 rings (SSSR count). The van der Waals surface area contributed by atoms with Crippen LogP contribution in [-0.4, -0.2) is 64.9 Å². The van der Waals surface area contributed by atoms with E-state index in [0.717, 1.165) is 10.6 Å². The van der Waals surface area contributed by atoms with E-state index in [2.05, 4.69) is 0 Å². The average Bonchev–Trinajstić information content (AvgIpc) is 2.53. The SMILES string of the molecule is CCOc1ccccc1N(CC(=O)N1CCOCC1)S(C)(=O)=O. The number of para-hydroxylation sites is 2. The molecule has 1 saturated heterocycles. The molecule has 1 amide bonds. The fourth-order valence-electron chi connectivity index (χ4n) is 2.36. The number of nitrogens with zero attached hydrogens (tertiary/aromatic N) is 2. The Kier molecular flexibility index (Phi) is 5.84. The summed E-state index contributed by atoms with van der Waals surface area (Å²) in [6, 6.07) is 6.81. The van der Waals surface area contributed by atoms with Gasteiger partial charge in [0.1, 0.15) is 12.3 Å². The van der Waals surface area contributed by atoms with Crippen molar-refractivity contribution < 1.29 is 22.7 Å². The van der Waals surface area contributed by atoms with E-state index in [-0.39, 0.29) is 12.5 Å². The quantitative estimate of drug-likeness (QED) is 0.761. The first-order valence-electron chi connectivity index (χ1n) is 7.48. The second-order valence-electron chi connectivity index (χ2n) is 5.16. The Morgan fingerprint density at radius 3 is 2.57 bits per heavy atom. The van der Waals surface area contributed by atoms with Crippen molar-refractivity contribution in [2.45, 2.75) is 6.92 Å². The van der Waals surface area contributed by atoms with E-state index in [4.69, 9.17) is 9.47 Å². The van der Waals surface area contributed by atoms with Crippen LogP contribution in [0.15, 0.2) is 24.3 Å². The minimum Gasteiger partial charge on any atom is -0.492 e. The Morgan fingerprint density at radius 1 is 1.30 bits per heavy atom. The molecule has 1 aromatic carbocycles. The lowest BCUT2D eigenvalue weighted by atomic mass is 10.3. The first kappa shape index (κ1) is 17.6. The number of carbonyl (C=O) groups excluding carboxylic acids is 1. The summed E-state index contributed by atoms with van der Waals surface area (Å²) in [5.41, 5.74) is 0.374. The van der Waals surface area contributed by atoms with Crippen LogP contribution in [0.5, 0.6) is 5.75 Å². The normalized spacial score (nSPS) is 15.3. The molecule has 0 radical (unpaired) electrons. The van der Waals surface area contributed by atoms with E-state index in [1.807, 2.05) is 6.92 Å². The lowest BCUT2D eigenvalue weighted by Gasteiger charge is -2.30. The van der Waals surface area contributed by atoms with Crippen molar-refractivity contribution in [1.29, 1.82) is 0 Å². The van der Waals surface area contributed by atoms with Crippen molar-refractivity contribution >= 4 is 21.6 Å². The van der Waals surface area contributed by atoms with Crippen molar-refractivity contribution in [2.75, 3.05) is 50.0 Å². The third kappa shape index (κ3) is 4.59. The van der Waals surface area contributed by atoms with E-state index in [0.29, 0.717) is 44.3 Å². The molecule has 0 aromatic heterocycles. The Hall–Kier alpha value is -1.80. The molecule has 0 atom stereocenters. The fraction of sp³-hybridized carbons (Fsp3) is 0.533. The predicted molar refractivity (Wildman–Crippen MR) is 87.2 cm³/mol. The highest BCUT2D eigenvalue weighted by Crippen LogP contribution is 2.29. The minimum atomic E-state index is -3.62. The molecule has 1 aliphatic heterocycles. The van der Waals surface area contributed by atoms with Crippen LogP contribution in [0.4, 0.5) is 5.69 Å². The smallest absolute Gasteiger partial charge is 0.243 e. The molecule has 128 valence electrons. The number of amides is 1. The maximum Gasteiger partial charge on any atom is 0.243 e. The van der Waals surface area contributed by atoms with E-state index in [1.165, 1.54) is 0 Å². The Bertz CT molecular complexity index is 641. The molecule has 7 nitrogen and oxygen atoms in total. The molecule has 0 N–H and O–H groups in total. The van der Waals surface area contributed by atoms with Crippen LogP contribution in [0.3, 0.4) is 0 Å². The van der Waals surface area contributed by atoms with Crippen molar-refractivity contribution in [2.24, 2.45) is 0 Å². The monoisotopic (exact) mass is 342 g/mol. The van der Waals surface area contributed by atoms with Gasteiger partial charge in [-0.2, -0.15) is 0 Å². The molecule has 23 heavy (non-hydrogen) atoms. The molecule has 0 saturated carbocycles. The average molecular weight is 342 g/mol. The van der Waals surface area contributed by atoms with Crippen LogP contribution >= 0.6 is 0 Å². The zero-order chi connectivity index (χ0) is 16.9. The van der Waals surface area contributed by atoms with Crippen molar-refractivity contribution in [1.82, 2.24) is 4.90 Å². The van der Waals surface area contributed by atoms with Gasteiger partial charge in [0, 0.05) is 13.1 Å². The largest absolute Gasteiger partial charge is 0.492 e. The maximum atomic E-state index is 12.4. The van der Waals surface area contributed by atoms with Gasteiger partial charge in [0.05, 0.1) is 31.8 Å². The van der Waals surface area contributed by atoms with Gasteiger partial charge in [-0.3, -0.25) is 9.10 Å². The van der Waals surface area contributed by atoms with Gasteiger partial charge in [-0.05, 0) is 19.1 Å². The number of sulfonamides is 1. The van der Waals surface area contributed by atoms with Crippen LogP contribution in [0.1, 0.15) is 6.92 Å². The highest BCUT2D eigenvalue weighted by atomic mass is 32.2. The van der Waals surface area contributed by atoms with E-state index in [1.54, 1.807) is 29.2 Å². The van der Waals surface area contributed by atoms with Crippen LogP contribution in [0.25, 0.3) is 0 Å². The number of carbonyl (C=O) groups is 1. The van der Waals surface area contributed by atoms with Gasteiger partial charge in [0.2, 0.25) is 15.9 Å². The summed E-state index contributed by atoms with van der Waals surface area (Å²) in [7, 11) is -3.62. The topological polar surface area (TPSA) is 76.2 Å². The standard InChI is InChI=1S/C15H22N2O5S/c1-3-22-14-7-5-4-6-13(14)17(23(2,19)20)12-15(18)16-8-10-21-11-9-16/h4-7H,3,8-12H2,1-2H3. The fourth-order valence-corrected chi connectivity index (χ4v) is 3.21. The third-order valence-electron chi connectivity index (χ3n) is 3.48. The molecular weight excluding hydrogens is 320 g/mol. The number of hydrogen-bond acceptors (Lipinski definition) is 5. The number of benzene rings is 1. The zero-order valence-corrected chi connectivity index (χ0v) is 14.2. The summed E-state index contributed by atoms with van der Waals surface area (Å²) < 4.78 is 36.2. The van der Waals surface area contributed by atoms with Crippen LogP contribution < -0.4 is 9.04 Å². The van der Waals surface area contributed by atoms with Gasteiger partial charge in [0.25, 0.3) is 0 Å². The molecule has 1 aliphatic rings. The molecule has 0 unspecified atom stereocenters. The van der Waals surface area contributed by atoms with Crippen LogP contribution in [0, 0.1) is 0 Å². The van der Waals surface area contributed by atoms with Gasteiger partial charge in [0.15, 0.2) is 0 Å². The first-order chi connectivity index (χ1) is 10.9. The number of anilines is 1. The van der Waals surface area contributed by atoms with E-state index >= 15 is 0 Å². The Labute approximate surface area is 136 Å². The molecule has 1 fully saturated rings.